The average molecular weight is 203 g/mol. The summed E-state index contributed by atoms with van der Waals surface area (Å²) < 4.78 is 15.8. The molecule has 1 atom stereocenters. The maximum Gasteiger partial charge on any atom is 0.0933 e. The van der Waals surface area contributed by atoms with Gasteiger partial charge < -0.3 is 19.5 Å². The van der Waals surface area contributed by atoms with Crippen molar-refractivity contribution in [3.05, 3.63) is 0 Å². The summed E-state index contributed by atoms with van der Waals surface area (Å²) in [5.41, 5.74) is 0. The van der Waals surface area contributed by atoms with Crippen LogP contribution >= 0.6 is 0 Å². The van der Waals surface area contributed by atoms with Crippen LogP contribution in [-0.2, 0) is 14.2 Å². The Morgan fingerprint density at radius 2 is 2.29 bits per heavy atom. The molecule has 0 aliphatic carbocycles. The van der Waals surface area contributed by atoms with Crippen LogP contribution in [0.25, 0.3) is 0 Å². The van der Waals surface area contributed by atoms with Crippen LogP contribution in [0.15, 0.2) is 0 Å². The lowest BCUT2D eigenvalue weighted by atomic mass is 10.3. The summed E-state index contributed by atoms with van der Waals surface area (Å²) in [6, 6.07) is 0. The van der Waals surface area contributed by atoms with Crippen LogP contribution in [0.2, 0.25) is 0 Å². The first-order valence-corrected chi connectivity index (χ1v) is 5.32. The maximum atomic E-state index is 5.49. The largest absolute Gasteiger partial charge is 0.385 e. The lowest BCUT2D eigenvalue weighted by Crippen LogP contribution is -2.37. The molecule has 0 aromatic rings. The summed E-state index contributed by atoms with van der Waals surface area (Å²) in [7, 11) is 1.74. The van der Waals surface area contributed by atoms with Crippen LogP contribution in [0.1, 0.15) is 12.8 Å². The van der Waals surface area contributed by atoms with Gasteiger partial charge in [-0.25, -0.2) is 0 Å². The Bertz CT molecular complexity index is 127. The van der Waals surface area contributed by atoms with E-state index in [1.165, 1.54) is 0 Å². The third-order valence-electron chi connectivity index (χ3n) is 2.21. The predicted molar refractivity (Wildman–Crippen MR) is 54.5 cm³/mol. The second kappa shape index (κ2) is 8.17. The molecule has 0 bridgehead atoms. The van der Waals surface area contributed by atoms with Gasteiger partial charge in [-0.2, -0.15) is 0 Å². The average Bonchev–Trinajstić information content (AvgIpc) is 2.25. The molecule has 1 aliphatic heterocycles. The zero-order chi connectivity index (χ0) is 10.1. The maximum absolute atomic E-state index is 5.49. The number of ether oxygens (including phenoxy) is 3. The van der Waals surface area contributed by atoms with Crippen molar-refractivity contribution >= 4 is 0 Å². The van der Waals surface area contributed by atoms with E-state index >= 15 is 0 Å². The number of hydrogen-bond donors (Lipinski definition) is 1. The van der Waals surface area contributed by atoms with Crippen molar-refractivity contribution in [2.75, 3.05) is 46.6 Å². The Kier molecular flexibility index (Phi) is 6.95. The van der Waals surface area contributed by atoms with E-state index in [0.29, 0.717) is 0 Å². The highest BCUT2D eigenvalue weighted by Gasteiger charge is 2.12. The van der Waals surface area contributed by atoms with Gasteiger partial charge in [0.1, 0.15) is 0 Å². The van der Waals surface area contributed by atoms with Crippen LogP contribution in [0.4, 0.5) is 0 Å². The van der Waals surface area contributed by atoms with Gasteiger partial charge in [-0.1, -0.05) is 0 Å². The molecule has 84 valence electrons. The summed E-state index contributed by atoms with van der Waals surface area (Å²) in [4.78, 5) is 0. The molecular weight excluding hydrogens is 182 g/mol. The van der Waals surface area contributed by atoms with Gasteiger partial charge in [0, 0.05) is 20.3 Å². The molecule has 1 fully saturated rings. The fraction of sp³-hybridized carbons (Fsp3) is 1.00. The Labute approximate surface area is 85.9 Å². The molecule has 0 aromatic heterocycles. The van der Waals surface area contributed by atoms with E-state index < -0.39 is 0 Å². The molecule has 1 N–H and O–H groups in total. The highest BCUT2D eigenvalue weighted by Crippen LogP contribution is 1.98. The Morgan fingerprint density at radius 1 is 1.36 bits per heavy atom. The molecule has 0 spiro atoms. The van der Waals surface area contributed by atoms with E-state index in [1.54, 1.807) is 7.11 Å². The van der Waals surface area contributed by atoms with Crippen molar-refractivity contribution in [1.82, 2.24) is 5.32 Å². The van der Waals surface area contributed by atoms with E-state index in [9.17, 15) is 0 Å². The van der Waals surface area contributed by atoms with Gasteiger partial charge in [0.2, 0.25) is 0 Å². The molecule has 1 saturated heterocycles. The van der Waals surface area contributed by atoms with Crippen molar-refractivity contribution in [3.63, 3.8) is 0 Å². The van der Waals surface area contributed by atoms with Crippen molar-refractivity contribution in [2.24, 2.45) is 0 Å². The molecule has 0 amide bonds. The number of nitrogens with one attached hydrogen (secondary N) is 1. The van der Waals surface area contributed by atoms with Crippen LogP contribution < -0.4 is 5.32 Å². The molecule has 1 unspecified atom stereocenters. The fourth-order valence-electron chi connectivity index (χ4n) is 1.41. The topological polar surface area (TPSA) is 39.7 Å². The van der Waals surface area contributed by atoms with Crippen LogP contribution in [0.3, 0.4) is 0 Å². The van der Waals surface area contributed by atoms with E-state index in [-0.39, 0.29) is 6.10 Å². The normalized spacial score (nSPS) is 22.5. The zero-order valence-electron chi connectivity index (χ0n) is 8.96. The van der Waals surface area contributed by atoms with Gasteiger partial charge in [-0.15, -0.1) is 0 Å². The van der Waals surface area contributed by atoms with Gasteiger partial charge in [-0.3, -0.25) is 0 Å². The van der Waals surface area contributed by atoms with Crippen molar-refractivity contribution < 1.29 is 14.2 Å². The molecule has 1 aliphatic rings. The summed E-state index contributed by atoms with van der Waals surface area (Å²) in [5.74, 6) is 0. The lowest BCUT2D eigenvalue weighted by Gasteiger charge is -2.23. The second-order valence-electron chi connectivity index (χ2n) is 3.47. The molecular formula is C10H21NO3. The Morgan fingerprint density at radius 3 is 3.00 bits per heavy atom. The Balaban J connectivity index is 1.82. The lowest BCUT2D eigenvalue weighted by molar-refractivity contribution is -0.0863. The van der Waals surface area contributed by atoms with Gasteiger partial charge in [0.25, 0.3) is 0 Å². The highest BCUT2D eigenvalue weighted by molar-refractivity contribution is 4.63. The quantitative estimate of drug-likeness (QED) is 0.609. The minimum atomic E-state index is 0.242. The molecule has 0 aromatic carbocycles. The molecule has 14 heavy (non-hydrogen) atoms. The summed E-state index contributed by atoms with van der Waals surface area (Å²) in [5, 5.41) is 3.35. The minimum Gasteiger partial charge on any atom is -0.385 e. The SMILES string of the molecule is COCCCCNCC1COCCO1. The molecule has 0 saturated carbocycles. The minimum absolute atomic E-state index is 0.242. The van der Waals surface area contributed by atoms with Crippen LogP contribution in [0, 0.1) is 0 Å². The number of methoxy groups -OCH3 is 1. The summed E-state index contributed by atoms with van der Waals surface area (Å²) in [6.45, 7) is 4.98. The third kappa shape index (κ3) is 5.54. The molecule has 4 nitrogen and oxygen atoms in total. The van der Waals surface area contributed by atoms with E-state index in [2.05, 4.69) is 5.32 Å². The third-order valence-corrected chi connectivity index (χ3v) is 2.21. The molecule has 0 radical (unpaired) electrons. The van der Waals surface area contributed by atoms with Gasteiger partial charge in [0.05, 0.1) is 25.9 Å². The molecule has 4 heteroatoms. The smallest absolute Gasteiger partial charge is 0.0933 e. The molecule has 1 rings (SSSR count). The predicted octanol–water partition coefficient (Wildman–Crippen LogP) is 0.418. The Hall–Kier alpha value is -0.160. The van der Waals surface area contributed by atoms with Crippen molar-refractivity contribution in [1.29, 1.82) is 0 Å². The first kappa shape index (κ1) is 11.9. The van der Waals surface area contributed by atoms with E-state index in [0.717, 1.165) is 52.4 Å². The first-order valence-electron chi connectivity index (χ1n) is 5.32. The van der Waals surface area contributed by atoms with Gasteiger partial charge >= 0.3 is 0 Å². The number of unbranched alkanes of at least 4 members (excludes halogenated alkanes) is 1. The molecule has 1 heterocycles. The van der Waals surface area contributed by atoms with Crippen molar-refractivity contribution in [3.8, 4) is 0 Å². The number of hydrogen-bond acceptors (Lipinski definition) is 4. The second-order valence-corrected chi connectivity index (χ2v) is 3.47. The highest BCUT2D eigenvalue weighted by atomic mass is 16.6. The van der Waals surface area contributed by atoms with Gasteiger partial charge in [-0.05, 0) is 19.4 Å². The van der Waals surface area contributed by atoms with Crippen LogP contribution in [0.5, 0.6) is 0 Å². The first-order chi connectivity index (χ1) is 6.93. The van der Waals surface area contributed by atoms with E-state index in [1.807, 2.05) is 0 Å². The summed E-state index contributed by atoms with van der Waals surface area (Å²) >= 11 is 0. The van der Waals surface area contributed by atoms with E-state index in [4.69, 9.17) is 14.2 Å². The van der Waals surface area contributed by atoms with Gasteiger partial charge in [0.15, 0.2) is 0 Å². The standard InChI is InChI=1S/C10H21NO3/c1-12-5-3-2-4-11-8-10-9-13-6-7-14-10/h10-11H,2-9H2,1H3. The van der Waals surface area contributed by atoms with Crippen molar-refractivity contribution in [2.45, 2.75) is 18.9 Å². The zero-order valence-corrected chi connectivity index (χ0v) is 8.96. The fourth-order valence-corrected chi connectivity index (χ4v) is 1.41. The number of rotatable bonds is 7. The monoisotopic (exact) mass is 203 g/mol. The van der Waals surface area contributed by atoms with Crippen LogP contribution in [-0.4, -0.2) is 52.7 Å². The summed E-state index contributed by atoms with van der Waals surface area (Å²) in [6.07, 6.45) is 2.51.